The second kappa shape index (κ2) is 4.77. The Morgan fingerprint density at radius 2 is 1.77 bits per heavy atom. The predicted octanol–water partition coefficient (Wildman–Crippen LogP) is 3.86. The molecule has 4 rings (SSSR count). The van der Waals surface area contributed by atoms with E-state index in [4.69, 9.17) is 0 Å². The van der Waals surface area contributed by atoms with E-state index >= 15 is 0 Å². The molecule has 0 N–H and O–H groups in total. The molecule has 0 aliphatic rings. The molecule has 0 spiro atoms. The highest BCUT2D eigenvalue weighted by atomic mass is 19.1. The molecule has 3 nitrogen and oxygen atoms in total. The first-order valence-corrected chi connectivity index (χ1v) is 6.90. The molecule has 0 aliphatic carbocycles. The number of hydrogen-bond donors (Lipinski definition) is 0. The highest BCUT2D eigenvalue weighted by molar-refractivity contribution is 6.12. The monoisotopic (exact) mass is 290 g/mol. The first-order valence-electron chi connectivity index (χ1n) is 6.90. The number of nitrogens with zero attached hydrogens (tertiary/aromatic N) is 2. The number of carbonyl (C=O) groups is 1. The van der Waals surface area contributed by atoms with E-state index in [2.05, 4.69) is 4.98 Å². The summed E-state index contributed by atoms with van der Waals surface area (Å²) in [5.74, 6) is -0.542. The molecular weight excluding hydrogens is 279 g/mol. The van der Waals surface area contributed by atoms with E-state index in [1.807, 2.05) is 40.9 Å². The van der Waals surface area contributed by atoms with Gasteiger partial charge in [0.2, 0.25) is 5.78 Å². The zero-order chi connectivity index (χ0) is 15.1. The Hall–Kier alpha value is -3.01. The summed E-state index contributed by atoms with van der Waals surface area (Å²) in [5, 5.41) is 0. The van der Waals surface area contributed by atoms with Crippen molar-refractivity contribution in [1.29, 1.82) is 0 Å². The minimum absolute atomic E-state index is 0.171. The normalized spacial score (nSPS) is 11.1. The van der Waals surface area contributed by atoms with Crippen molar-refractivity contribution in [3.8, 4) is 0 Å². The number of benzene rings is 2. The summed E-state index contributed by atoms with van der Waals surface area (Å²) in [6, 6.07) is 17.1. The van der Waals surface area contributed by atoms with Crippen LogP contribution in [0.3, 0.4) is 0 Å². The molecule has 2 aromatic carbocycles. The lowest BCUT2D eigenvalue weighted by molar-refractivity contribution is 0.103. The van der Waals surface area contributed by atoms with Gasteiger partial charge in [0.05, 0.1) is 16.6 Å². The standard InChI is InChI=1S/C18H11FN2O/c19-13-8-9-15-14(11-13)20-17(16-7-4-10-21(15)16)18(22)12-5-2-1-3-6-12/h1-11H. The topological polar surface area (TPSA) is 34.4 Å². The Kier molecular flexibility index (Phi) is 2.76. The third kappa shape index (κ3) is 1.89. The average molecular weight is 290 g/mol. The lowest BCUT2D eigenvalue weighted by atomic mass is 10.1. The number of halogens is 1. The Morgan fingerprint density at radius 1 is 0.955 bits per heavy atom. The second-order valence-electron chi connectivity index (χ2n) is 5.05. The lowest BCUT2D eigenvalue weighted by Crippen LogP contribution is -2.07. The van der Waals surface area contributed by atoms with E-state index in [-0.39, 0.29) is 11.6 Å². The smallest absolute Gasteiger partial charge is 0.213 e. The highest BCUT2D eigenvalue weighted by Crippen LogP contribution is 2.21. The van der Waals surface area contributed by atoms with Crippen molar-refractivity contribution in [3.05, 3.63) is 83.9 Å². The summed E-state index contributed by atoms with van der Waals surface area (Å²) in [4.78, 5) is 17.1. The van der Waals surface area contributed by atoms with Crippen molar-refractivity contribution >= 4 is 22.3 Å². The van der Waals surface area contributed by atoms with Gasteiger partial charge in [-0.1, -0.05) is 30.3 Å². The van der Waals surface area contributed by atoms with Crippen LogP contribution in [0.25, 0.3) is 16.6 Å². The number of fused-ring (bicyclic) bond motifs is 3. The van der Waals surface area contributed by atoms with Crippen molar-refractivity contribution in [2.45, 2.75) is 0 Å². The van der Waals surface area contributed by atoms with Crippen LogP contribution in [0.15, 0.2) is 66.9 Å². The fraction of sp³-hybridized carbons (Fsp3) is 0. The SMILES string of the molecule is O=C(c1ccccc1)c1nc2cc(F)ccc2n2cccc12. The molecule has 0 saturated heterocycles. The first kappa shape index (κ1) is 12.7. The summed E-state index contributed by atoms with van der Waals surface area (Å²) in [5.41, 5.74) is 2.84. The van der Waals surface area contributed by atoms with Gasteiger partial charge in [-0.05, 0) is 24.3 Å². The second-order valence-corrected chi connectivity index (χ2v) is 5.05. The lowest BCUT2D eigenvalue weighted by Gasteiger charge is -2.08. The van der Waals surface area contributed by atoms with Gasteiger partial charge in [-0.3, -0.25) is 4.79 Å². The van der Waals surface area contributed by atoms with Crippen LogP contribution in [0.5, 0.6) is 0 Å². The molecule has 2 heterocycles. The zero-order valence-corrected chi connectivity index (χ0v) is 11.5. The first-order chi connectivity index (χ1) is 10.7. The van der Waals surface area contributed by atoms with Gasteiger partial charge < -0.3 is 4.40 Å². The Labute approximate surface area is 125 Å². The largest absolute Gasteiger partial charge is 0.313 e. The van der Waals surface area contributed by atoms with E-state index in [0.717, 1.165) is 5.52 Å². The average Bonchev–Trinajstić information content (AvgIpc) is 3.03. The maximum atomic E-state index is 13.5. The van der Waals surface area contributed by atoms with Crippen molar-refractivity contribution in [2.24, 2.45) is 0 Å². The van der Waals surface area contributed by atoms with Crippen LogP contribution in [0.1, 0.15) is 16.1 Å². The molecule has 0 fully saturated rings. The molecule has 0 saturated carbocycles. The zero-order valence-electron chi connectivity index (χ0n) is 11.5. The third-order valence-corrected chi connectivity index (χ3v) is 3.67. The Bertz CT molecular complexity index is 1010. The van der Waals surface area contributed by atoms with Gasteiger partial charge in [-0.15, -0.1) is 0 Å². The summed E-state index contributed by atoms with van der Waals surface area (Å²) < 4.78 is 15.3. The van der Waals surface area contributed by atoms with Crippen LogP contribution in [0, 0.1) is 5.82 Å². The number of rotatable bonds is 2. The molecule has 0 bridgehead atoms. The van der Waals surface area contributed by atoms with Gasteiger partial charge in [0.25, 0.3) is 0 Å². The van der Waals surface area contributed by atoms with Gasteiger partial charge in [-0.2, -0.15) is 0 Å². The molecule has 22 heavy (non-hydrogen) atoms. The van der Waals surface area contributed by atoms with Crippen molar-refractivity contribution in [1.82, 2.24) is 9.38 Å². The van der Waals surface area contributed by atoms with Crippen LogP contribution in [-0.4, -0.2) is 15.2 Å². The van der Waals surface area contributed by atoms with E-state index in [1.165, 1.54) is 12.1 Å². The molecule has 106 valence electrons. The van der Waals surface area contributed by atoms with E-state index in [1.54, 1.807) is 18.2 Å². The van der Waals surface area contributed by atoms with Gasteiger partial charge in [0.15, 0.2) is 0 Å². The summed E-state index contributed by atoms with van der Waals surface area (Å²) >= 11 is 0. The van der Waals surface area contributed by atoms with Crippen LogP contribution >= 0.6 is 0 Å². The minimum atomic E-state index is -0.371. The van der Waals surface area contributed by atoms with Gasteiger partial charge in [-0.25, -0.2) is 9.37 Å². The molecule has 0 atom stereocenters. The molecular formula is C18H11FN2O. The Morgan fingerprint density at radius 3 is 2.59 bits per heavy atom. The number of aromatic nitrogens is 2. The highest BCUT2D eigenvalue weighted by Gasteiger charge is 2.16. The van der Waals surface area contributed by atoms with Crippen LogP contribution in [0.4, 0.5) is 4.39 Å². The molecule has 2 aromatic heterocycles. The number of carbonyl (C=O) groups excluding carboxylic acids is 1. The van der Waals surface area contributed by atoms with Crippen molar-refractivity contribution in [3.63, 3.8) is 0 Å². The number of ketones is 1. The van der Waals surface area contributed by atoms with Gasteiger partial charge >= 0.3 is 0 Å². The predicted molar refractivity (Wildman–Crippen MR) is 82.5 cm³/mol. The number of hydrogen-bond acceptors (Lipinski definition) is 2. The molecule has 0 amide bonds. The maximum absolute atomic E-state index is 13.5. The van der Waals surface area contributed by atoms with E-state index in [9.17, 15) is 9.18 Å². The quantitative estimate of drug-likeness (QED) is 0.525. The molecule has 0 aliphatic heterocycles. The molecule has 0 unspecified atom stereocenters. The van der Waals surface area contributed by atoms with Crippen LogP contribution < -0.4 is 0 Å². The van der Waals surface area contributed by atoms with Crippen molar-refractivity contribution < 1.29 is 9.18 Å². The summed E-state index contributed by atoms with van der Waals surface area (Å²) in [7, 11) is 0. The molecule has 0 radical (unpaired) electrons. The van der Waals surface area contributed by atoms with E-state index in [0.29, 0.717) is 22.3 Å². The molecule has 4 heteroatoms. The van der Waals surface area contributed by atoms with E-state index < -0.39 is 0 Å². The van der Waals surface area contributed by atoms with Gasteiger partial charge in [0, 0.05) is 17.8 Å². The Balaban J connectivity index is 2.03. The van der Waals surface area contributed by atoms with Crippen molar-refractivity contribution in [2.75, 3.05) is 0 Å². The third-order valence-electron chi connectivity index (χ3n) is 3.67. The van der Waals surface area contributed by atoms with Gasteiger partial charge in [0.1, 0.15) is 11.5 Å². The van der Waals surface area contributed by atoms with Crippen LogP contribution in [0.2, 0.25) is 0 Å². The minimum Gasteiger partial charge on any atom is -0.313 e. The molecule has 4 aromatic rings. The van der Waals surface area contributed by atoms with Crippen LogP contribution in [-0.2, 0) is 0 Å². The maximum Gasteiger partial charge on any atom is 0.213 e. The fourth-order valence-electron chi connectivity index (χ4n) is 2.64. The fourth-order valence-corrected chi connectivity index (χ4v) is 2.64. The summed E-state index contributed by atoms with van der Waals surface area (Å²) in [6.45, 7) is 0. The summed E-state index contributed by atoms with van der Waals surface area (Å²) in [6.07, 6.45) is 1.85.